The van der Waals surface area contributed by atoms with E-state index in [-0.39, 0.29) is 11.1 Å². The van der Waals surface area contributed by atoms with Gasteiger partial charge in [0.2, 0.25) is 0 Å². The number of rotatable bonds is 41. The summed E-state index contributed by atoms with van der Waals surface area (Å²) in [5.74, 6) is -0.452. The van der Waals surface area contributed by atoms with E-state index in [9.17, 15) is 0 Å². The first kappa shape index (κ1) is 58.4. The molecule has 3 aromatic heterocycles. The van der Waals surface area contributed by atoms with Crippen molar-refractivity contribution in [2.75, 3.05) is 0 Å². The number of unbranched alkanes of at least 4 members (excludes halogenated alkanes) is 25. The molecule has 0 fully saturated rings. The second-order valence-corrected chi connectivity index (χ2v) is 25.1. The quantitative estimate of drug-likeness (QED) is 0.0415. The minimum atomic E-state index is -0.811. The van der Waals surface area contributed by atoms with Gasteiger partial charge in [-0.15, -0.1) is 22.7 Å². The van der Waals surface area contributed by atoms with Crippen LogP contribution >= 0.6 is 54.5 Å². The second kappa shape index (κ2) is 35.0. The van der Waals surface area contributed by atoms with Gasteiger partial charge in [-0.2, -0.15) is 15.0 Å². The van der Waals surface area contributed by atoms with Crippen LogP contribution in [0.25, 0.3) is 31.9 Å². The Balaban J connectivity index is 1.58. The maximum absolute atomic E-state index is 17.0. The summed E-state index contributed by atoms with van der Waals surface area (Å²) in [5, 5.41) is 9.92. The summed E-state index contributed by atoms with van der Waals surface area (Å²) in [6, 6.07) is 4.27. The van der Waals surface area contributed by atoms with E-state index in [0.717, 1.165) is 43.0 Å². The normalized spacial score (nSPS) is 12.9. The molecule has 0 aliphatic rings. The fraction of sp³-hybridized carbons (Fsp3) is 0.759. The van der Waals surface area contributed by atoms with Crippen LogP contribution in [0.5, 0.6) is 0 Å². The van der Waals surface area contributed by atoms with E-state index in [2.05, 4.69) is 78.6 Å². The standard InChI is InChI=1S/C58H93Br2F2N3S2/c1-6-11-16-20-24-26-30-34-38-45(36-32-28-22-18-13-8-3)41-47-43-49(66-57(47)59)51-53(61)54(62)52(56-55(51)63-65(64-56)40-15-10-5)50-44-48(58(60)67-50)42-46(37-33-29-23-19-14-9-4)39-35-31-27-25-21-17-12-7-2/h43-46H,6-42H2,1-5H3. The van der Waals surface area contributed by atoms with Crippen LogP contribution in [0.1, 0.15) is 264 Å². The lowest BCUT2D eigenvalue weighted by Crippen LogP contribution is -2.05. The van der Waals surface area contributed by atoms with Gasteiger partial charge in [0, 0.05) is 9.75 Å². The number of aromatic nitrogens is 3. The molecule has 0 radical (unpaired) electrons. The van der Waals surface area contributed by atoms with Crippen molar-refractivity contribution in [3.63, 3.8) is 0 Å². The Morgan fingerprint density at radius 3 is 1.01 bits per heavy atom. The first-order chi connectivity index (χ1) is 32.8. The molecule has 3 heterocycles. The molecule has 2 atom stereocenters. The molecule has 0 saturated carbocycles. The van der Waals surface area contributed by atoms with Gasteiger partial charge >= 0.3 is 0 Å². The third-order valence-electron chi connectivity index (χ3n) is 14.4. The molecule has 4 aromatic rings. The first-order valence-electron chi connectivity index (χ1n) is 28.1. The molecule has 0 saturated heterocycles. The summed E-state index contributed by atoms with van der Waals surface area (Å²) >= 11 is 10.9. The number of aryl methyl sites for hydroxylation is 1. The highest BCUT2D eigenvalue weighted by Gasteiger charge is 2.29. The lowest BCUT2D eigenvalue weighted by molar-refractivity contribution is 0.400. The third kappa shape index (κ3) is 20.8. The van der Waals surface area contributed by atoms with E-state index in [4.69, 9.17) is 10.2 Å². The van der Waals surface area contributed by atoms with Crippen LogP contribution in [-0.2, 0) is 19.4 Å². The van der Waals surface area contributed by atoms with Gasteiger partial charge < -0.3 is 0 Å². The third-order valence-corrected chi connectivity index (χ3v) is 18.3. The summed E-state index contributed by atoms with van der Waals surface area (Å²) < 4.78 is 36.1. The average molecular weight is 1090 g/mol. The van der Waals surface area contributed by atoms with Gasteiger partial charge in [-0.05, 0) is 86.2 Å². The lowest BCUT2D eigenvalue weighted by atomic mass is 9.89. The molecule has 3 nitrogen and oxygen atoms in total. The number of thiophene rings is 2. The summed E-state index contributed by atoms with van der Waals surface area (Å²) in [5.41, 5.74) is 3.86. The Morgan fingerprint density at radius 2 is 0.716 bits per heavy atom. The maximum Gasteiger partial charge on any atom is 0.170 e. The highest BCUT2D eigenvalue weighted by Crippen LogP contribution is 2.47. The van der Waals surface area contributed by atoms with E-state index >= 15 is 8.78 Å². The highest BCUT2D eigenvalue weighted by atomic mass is 79.9. The second-order valence-electron chi connectivity index (χ2n) is 20.3. The van der Waals surface area contributed by atoms with Crippen molar-refractivity contribution in [2.24, 2.45) is 11.8 Å². The minimum Gasteiger partial charge on any atom is -0.203 e. The Hall–Kier alpha value is -1.16. The van der Waals surface area contributed by atoms with Crippen molar-refractivity contribution in [3.05, 3.63) is 42.5 Å². The Morgan fingerprint density at radius 1 is 0.433 bits per heavy atom. The van der Waals surface area contributed by atoms with Crippen LogP contribution in [0.4, 0.5) is 8.78 Å². The van der Waals surface area contributed by atoms with Crippen LogP contribution in [0.15, 0.2) is 19.7 Å². The number of fused-ring (bicyclic) bond motifs is 1. The predicted molar refractivity (Wildman–Crippen MR) is 299 cm³/mol. The summed E-state index contributed by atoms with van der Waals surface area (Å²) in [4.78, 5) is 3.15. The van der Waals surface area contributed by atoms with Crippen molar-refractivity contribution in [1.82, 2.24) is 15.0 Å². The maximum atomic E-state index is 17.0. The van der Waals surface area contributed by atoms with Crippen molar-refractivity contribution in [2.45, 2.75) is 272 Å². The predicted octanol–water partition coefficient (Wildman–Crippen LogP) is 22.4. The highest BCUT2D eigenvalue weighted by molar-refractivity contribution is 9.11. The number of hydrogen-bond donors (Lipinski definition) is 0. The molecule has 2 unspecified atom stereocenters. The van der Waals surface area contributed by atoms with E-state index in [0.29, 0.717) is 29.4 Å². The minimum absolute atomic E-state index is 0.256. The van der Waals surface area contributed by atoms with Crippen LogP contribution in [0.2, 0.25) is 0 Å². The van der Waals surface area contributed by atoms with Gasteiger partial charge in [0.1, 0.15) is 11.0 Å². The fourth-order valence-corrected chi connectivity index (χ4v) is 13.7. The van der Waals surface area contributed by atoms with Gasteiger partial charge in [-0.3, -0.25) is 0 Å². The van der Waals surface area contributed by atoms with E-state index in [1.807, 2.05) is 0 Å². The smallest absolute Gasteiger partial charge is 0.170 e. The molecular formula is C58H93Br2F2N3S2. The molecule has 380 valence electrons. The van der Waals surface area contributed by atoms with Crippen molar-refractivity contribution >= 4 is 65.6 Å². The Labute approximate surface area is 433 Å². The van der Waals surface area contributed by atoms with E-state index in [1.165, 1.54) is 239 Å². The topological polar surface area (TPSA) is 30.7 Å². The van der Waals surface area contributed by atoms with E-state index < -0.39 is 11.6 Å². The molecule has 0 aliphatic carbocycles. The number of halogens is 4. The molecule has 0 spiro atoms. The van der Waals surface area contributed by atoms with Crippen molar-refractivity contribution < 1.29 is 8.78 Å². The zero-order chi connectivity index (χ0) is 48.1. The van der Waals surface area contributed by atoms with Crippen LogP contribution in [-0.4, -0.2) is 15.0 Å². The Bertz CT molecular complexity index is 1770. The SMILES string of the molecule is CCCCCCCCCCC(CCCCCCCC)Cc1cc(-c2c(F)c(F)c(-c3cc(CC(CCCCCCCC)CCCCCCCCCC)c(Br)s3)c3nn(CCCC)nc23)sc1Br. The first-order valence-corrected chi connectivity index (χ1v) is 31.3. The molecule has 67 heavy (non-hydrogen) atoms. The van der Waals surface area contributed by atoms with Crippen LogP contribution in [0, 0.1) is 23.5 Å². The number of benzene rings is 1. The molecule has 9 heteroatoms. The fourth-order valence-electron chi connectivity index (χ4n) is 10.2. The van der Waals surface area contributed by atoms with Gasteiger partial charge in [0.25, 0.3) is 0 Å². The van der Waals surface area contributed by atoms with Crippen molar-refractivity contribution in [3.8, 4) is 20.9 Å². The van der Waals surface area contributed by atoms with Gasteiger partial charge in [-0.1, -0.05) is 247 Å². The molecule has 0 amide bonds. The van der Waals surface area contributed by atoms with Crippen LogP contribution in [0.3, 0.4) is 0 Å². The summed E-state index contributed by atoms with van der Waals surface area (Å²) in [6.45, 7) is 11.9. The molecule has 0 aliphatic heterocycles. The zero-order valence-corrected chi connectivity index (χ0v) is 47.9. The van der Waals surface area contributed by atoms with Crippen LogP contribution < -0.4 is 0 Å². The number of nitrogens with zero attached hydrogens (tertiary/aromatic N) is 3. The van der Waals surface area contributed by atoms with Gasteiger partial charge in [-0.25, -0.2) is 8.78 Å². The lowest BCUT2D eigenvalue weighted by Gasteiger charge is -2.17. The monoisotopic (exact) mass is 1090 g/mol. The molecule has 0 bridgehead atoms. The molecular weight excluding hydrogens is 1000 g/mol. The molecule has 0 N–H and O–H groups in total. The van der Waals surface area contributed by atoms with Gasteiger partial charge in [0.15, 0.2) is 11.6 Å². The average Bonchev–Trinajstić information content (AvgIpc) is 4.02. The molecule has 4 rings (SSSR count). The Kier molecular flexibility index (Phi) is 30.5. The summed E-state index contributed by atoms with van der Waals surface area (Å²) in [6.07, 6.45) is 45.6. The zero-order valence-electron chi connectivity index (χ0n) is 43.1. The van der Waals surface area contributed by atoms with E-state index in [1.54, 1.807) is 4.80 Å². The number of hydrogen-bond acceptors (Lipinski definition) is 4. The largest absolute Gasteiger partial charge is 0.203 e. The van der Waals surface area contributed by atoms with Gasteiger partial charge in [0.05, 0.1) is 25.2 Å². The van der Waals surface area contributed by atoms with Crippen molar-refractivity contribution in [1.29, 1.82) is 0 Å². The molecule has 1 aromatic carbocycles. The summed E-state index contributed by atoms with van der Waals surface area (Å²) in [7, 11) is 0.